The van der Waals surface area contributed by atoms with Crippen molar-refractivity contribution in [1.82, 2.24) is 5.32 Å². The van der Waals surface area contributed by atoms with E-state index in [2.05, 4.69) is 10.1 Å². The van der Waals surface area contributed by atoms with Gasteiger partial charge in [0.2, 0.25) is 5.91 Å². The molecule has 14 heteroatoms. The van der Waals surface area contributed by atoms with Gasteiger partial charge in [-0.15, -0.1) is 0 Å². The Morgan fingerprint density at radius 1 is 1.28 bits per heavy atom. The molecule has 12 nitrogen and oxygen atoms in total. The van der Waals surface area contributed by atoms with Crippen LogP contribution in [0.1, 0.15) is 13.8 Å². The first-order chi connectivity index (χ1) is 13.4. The average Bonchev–Trinajstić information content (AvgIpc) is 2.63. The second kappa shape index (κ2) is 9.76. The number of amides is 2. The lowest BCUT2D eigenvalue weighted by atomic mass is 9.87. The molecule has 7 atom stereocenters. The van der Waals surface area contributed by atoms with Crippen LogP contribution in [0.4, 0.5) is 13.6 Å². The topological polar surface area (TPSA) is 184 Å². The summed E-state index contributed by atoms with van der Waals surface area (Å²) < 4.78 is 47.9. The van der Waals surface area contributed by atoms with E-state index in [0.29, 0.717) is 7.11 Å². The van der Waals surface area contributed by atoms with Crippen molar-refractivity contribution < 1.29 is 57.1 Å². The molecule has 5 N–H and O–H groups in total. The molecule has 166 valence electrons. The van der Waals surface area contributed by atoms with E-state index in [1.165, 1.54) is 0 Å². The van der Waals surface area contributed by atoms with Crippen molar-refractivity contribution in [3.8, 4) is 0 Å². The molecule has 1 aliphatic heterocycles. The monoisotopic (exact) mass is 428 g/mol. The third-order valence-corrected chi connectivity index (χ3v) is 3.96. The third-order valence-electron chi connectivity index (χ3n) is 3.96. The van der Waals surface area contributed by atoms with Gasteiger partial charge in [-0.25, -0.2) is 14.0 Å². The Morgan fingerprint density at radius 2 is 1.86 bits per heavy atom. The van der Waals surface area contributed by atoms with E-state index in [1.807, 2.05) is 0 Å². The van der Waals surface area contributed by atoms with Gasteiger partial charge in [0, 0.05) is 13.8 Å². The number of hydrogen-bond donors (Lipinski definition) is 4. The minimum atomic E-state index is -3.89. The Labute approximate surface area is 163 Å². The van der Waals surface area contributed by atoms with Gasteiger partial charge in [0.25, 0.3) is 0 Å². The number of esters is 2. The first-order valence-corrected chi connectivity index (χ1v) is 8.17. The number of carbonyl (C=O) groups is 4. The average molecular weight is 428 g/mol. The second-order valence-corrected chi connectivity index (χ2v) is 6.07. The number of hydrogen-bond acceptors (Lipinski definition) is 10. The van der Waals surface area contributed by atoms with E-state index in [4.69, 9.17) is 19.9 Å². The minimum Gasteiger partial charge on any atom is -0.465 e. The van der Waals surface area contributed by atoms with Crippen molar-refractivity contribution >= 4 is 23.9 Å². The maximum Gasteiger partial charge on any atom is 0.405 e. The smallest absolute Gasteiger partial charge is 0.405 e. The number of carbonyl (C=O) groups excluding carboxylic acids is 4. The van der Waals surface area contributed by atoms with E-state index >= 15 is 4.39 Å². The molecule has 5 unspecified atom stereocenters. The van der Waals surface area contributed by atoms with E-state index in [0.717, 1.165) is 13.8 Å². The van der Waals surface area contributed by atoms with Crippen LogP contribution in [0.5, 0.6) is 0 Å². The second-order valence-electron chi connectivity index (χ2n) is 6.07. The van der Waals surface area contributed by atoms with Crippen molar-refractivity contribution in [3.05, 3.63) is 0 Å². The number of alkyl halides is 2. The molecule has 1 fully saturated rings. The number of nitrogens with two attached hydrogens (primary N) is 1. The van der Waals surface area contributed by atoms with Gasteiger partial charge >= 0.3 is 23.9 Å². The van der Waals surface area contributed by atoms with Gasteiger partial charge in [0.1, 0.15) is 12.2 Å². The molecule has 1 heterocycles. The highest BCUT2D eigenvalue weighted by Crippen LogP contribution is 2.37. The number of nitrogens with one attached hydrogen (secondary N) is 1. The summed E-state index contributed by atoms with van der Waals surface area (Å²) in [5.41, 5.74) is 4.94. The number of halogens is 2. The largest absolute Gasteiger partial charge is 0.465 e. The molecule has 0 aliphatic carbocycles. The van der Waals surface area contributed by atoms with Crippen molar-refractivity contribution in [2.75, 3.05) is 13.7 Å². The predicted molar refractivity (Wildman–Crippen MR) is 86.3 cm³/mol. The molecule has 29 heavy (non-hydrogen) atoms. The summed E-state index contributed by atoms with van der Waals surface area (Å²) in [6.07, 6.45) is -12.7. The highest BCUT2D eigenvalue weighted by molar-refractivity contribution is 5.79. The number of methoxy groups -OCH3 is 1. The van der Waals surface area contributed by atoms with Gasteiger partial charge in [0.05, 0.1) is 19.8 Å². The van der Waals surface area contributed by atoms with Crippen LogP contribution in [0, 0.1) is 0 Å². The maximum absolute atomic E-state index is 15.0. The van der Waals surface area contributed by atoms with Crippen LogP contribution < -0.4 is 11.1 Å². The number of aliphatic hydroxyl groups is 2. The van der Waals surface area contributed by atoms with Gasteiger partial charge in [0.15, 0.2) is 18.4 Å². The van der Waals surface area contributed by atoms with Crippen molar-refractivity contribution in [3.63, 3.8) is 0 Å². The van der Waals surface area contributed by atoms with Crippen LogP contribution in [0.15, 0.2) is 0 Å². The highest BCUT2D eigenvalue weighted by Gasteiger charge is 2.64. The lowest BCUT2D eigenvalue weighted by Gasteiger charge is -2.46. The summed E-state index contributed by atoms with van der Waals surface area (Å²) in [6.45, 7) is 0.877. The van der Waals surface area contributed by atoms with E-state index < -0.39 is 73.0 Å². The molecule has 1 aliphatic rings. The molecule has 2 amide bonds. The Hall–Kier alpha value is -2.58. The fraction of sp³-hybridized carbons (Fsp3) is 0.733. The molecule has 1 rings (SSSR count). The van der Waals surface area contributed by atoms with Gasteiger partial charge in [-0.3, -0.25) is 9.59 Å². The van der Waals surface area contributed by atoms with Gasteiger partial charge in [-0.05, 0) is 0 Å². The third kappa shape index (κ3) is 5.48. The van der Waals surface area contributed by atoms with Crippen LogP contribution in [-0.2, 0) is 33.3 Å². The molecule has 0 radical (unpaired) electrons. The van der Waals surface area contributed by atoms with Gasteiger partial charge in [-0.1, -0.05) is 0 Å². The Bertz CT molecular complexity index is 651. The lowest BCUT2D eigenvalue weighted by molar-refractivity contribution is -0.294. The normalized spacial score (nSPS) is 31.1. The van der Waals surface area contributed by atoms with Crippen LogP contribution in [0.2, 0.25) is 0 Å². The molecule has 1 saturated heterocycles. The van der Waals surface area contributed by atoms with Crippen molar-refractivity contribution in [1.29, 1.82) is 0 Å². The SMILES string of the molecule is COC(=O)C1(F)OC([C@H](OC(N)=O)[C@@H](CO)OC(C)=O)C(NC(C)=O)C(O)C1F. The van der Waals surface area contributed by atoms with Gasteiger partial charge < -0.3 is 40.2 Å². The lowest BCUT2D eigenvalue weighted by Crippen LogP contribution is -2.71. The fourth-order valence-electron chi connectivity index (χ4n) is 2.82. The number of rotatable bonds is 7. The molecule has 0 aromatic rings. The maximum atomic E-state index is 15.0. The molecular formula is C15H22F2N2O10. The van der Waals surface area contributed by atoms with Crippen molar-refractivity contribution in [2.45, 2.75) is 56.3 Å². The summed E-state index contributed by atoms with van der Waals surface area (Å²) in [7, 11) is 0.716. The zero-order chi connectivity index (χ0) is 22.5. The summed E-state index contributed by atoms with van der Waals surface area (Å²) >= 11 is 0. The summed E-state index contributed by atoms with van der Waals surface area (Å²) in [4.78, 5) is 45.8. The molecule has 0 saturated carbocycles. The van der Waals surface area contributed by atoms with Gasteiger partial charge in [-0.2, -0.15) is 4.39 Å². The number of primary amides is 1. The molecule has 0 bridgehead atoms. The van der Waals surface area contributed by atoms with Crippen LogP contribution in [-0.4, -0.2) is 90.4 Å². The van der Waals surface area contributed by atoms with E-state index in [-0.39, 0.29) is 0 Å². The Balaban J connectivity index is 3.50. The molecular weight excluding hydrogens is 406 g/mol. The van der Waals surface area contributed by atoms with Crippen molar-refractivity contribution in [2.24, 2.45) is 5.73 Å². The van der Waals surface area contributed by atoms with E-state index in [1.54, 1.807) is 0 Å². The number of aliphatic hydroxyl groups excluding tert-OH is 2. The van der Waals surface area contributed by atoms with Crippen LogP contribution in [0.25, 0.3) is 0 Å². The first-order valence-electron chi connectivity index (χ1n) is 8.17. The fourth-order valence-corrected chi connectivity index (χ4v) is 2.82. The standard InChI is InChI=1S/C15H22F2N2O10/c1-5(21)19-8-9(23)12(16)15(17,13(24)26-3)29-11(8)10(28-14(18)25)7(4-20)27-6(2)22/h7-12,20,23H,4H2,1-3H3,(H2,18,25)(H,19,21)/t7-,8?,9?,10-,11?,12?,15?/m1/s1. The summed E-state index contributed by atoms with van der Waals surface area (Å²) in [5.74, 6) is -7.58. The number of ether oxygens (including phenoxy) is 4. The summed E-state index contributed by atoms with van der Waals surface area (Å²) in [6, 6.07) is -1.81. The van der Waals surface area contributed by atoms with Crippen LogP contribution in [0.3, 0.4) is 0 Å². The summed E-state index contributed by atoms with van der Waals surface area (Å²) in [5, 5.41) is 21.7. The zero-order valence-electron chi connectivity index (χ0n) is 15.7. The Kier molecular flexibility index (Phi) is 8.23. The van der Waals surface area contributed by atoms with E-state index in [9.17, 15) is 33.8 Å². The Morgan fingerprint density at radius 3 is 2.28 bits per heavy atom. The minimum absolute atomic E-state index is 0.716. The molecule has 0 aromatic heterocycles. The first kappa shape index (κ1) is 24.5. The molecule has 0 aromatic carbocycles. The predicted octanol–water partition coefficient (Wildman–Crippen LogP) is -2.18. The quantitative estimate of drug-likeness (QED) is 0.257. The highest BCUT2D eigenvalue weighted by atomic mass is 19.2. The molecule has 0 spiro atoms. The van der Waals surface area contributed by atoms with Crippen LogP contribution >= 0.6 is 0 Å². The zero-order valence-corrected chi connectivity index (χ0v) is 15.7.